The monoisotopic (exact) mass is 304 g/mol. The van der Waals surface area contributed by atoms with Gasteiger partial charge in [-0.15, -0.1) is 0 Å². The summed E-state index contributed by atoms with van der Waals surface area (Å²) in [6.45, 7) is 6.40. The van der Waals surface area contributed by atoms with Crippen LogP contribution in [0.25, 0.3) is 11.1 Å². The Hall–Kier alpha value is -1.41. The maximum absolute atomic E-state index is 12.7. The lowest BCUT2D eigenvalue weighted by Crippen LogP contribution is -2.10. The molecule has 2 aromatic carbocycles. The van der Waals surface area contributed by atoms with Crippen LogP contribution in [0.4, 0.5) is 0 Å². The summed E-state index contributed by atoms with van der Waals surface area (Å²) in [6.07, 6.45) is 0. The van der Waals surface area contributed by atoms with E-state index >= 15 is 0 Å². The van der Waals surface area contributed by atoms with E-state index in [2.05, 4.69) is 31.2 Å². The summed E-state index contributed by atoms with van der Waals surface area (Å²) in [7, 11) is -3.19. The molecule has 112 valence electrons. The third-order valence-electron chi connectivity index (χ3n) is 3.17. The number of hydrogen-bond acceptors (Lipinski definition) is 3. The predicted molar refractivity (Wildman–Crippen MR) is 87.1 cm³/mol. The van der Waals surface area contributed by atoms with Gasteiger partial charge in [0.2, 0.25) is 0 Å². The minimum absolute atomic E-state index is 0.358. The Kier molecular flexibility index (Phi) is 5.35. The Morgan fingerprint density at radius 3 is 1.67 bits per heavy atom. The molecule has 0 unspecified atom stereocenters. The fraction of sp³-hybridized carbons (Fsp3) is 0.294. The molecule has 0 aliphatic heterocycles. The molecule has 3 nitrogen and oxygen atoms in total. The molecule has 4 heteroatoms. The van der Waals surface area contributed by atoms with E-state index in [1.54, 1.807) is 0 Å². The average molecular weight is 304 g/mol. The summed E-state index contributed by atoms with van der Waals surface area (Å²) in [5.41, 5.74) is 3.45. The number of benzene rings is 2. The van der Waals surface area contributed by atoms with Gasteiger partial charge >= 0.3 is 7.60 Å². The topological polar surface area (TPSA) is 35.5 Å². The summed E-state index contributed by atoms with van der Waals surface area (Å²) >= 11 is 0. The SMILES string of the molecule is CCOP(=O)(OCC)c1ccc(-c2ccc(C)cc2)cc1. The Bertz CT molecular complexity index is 607. The van der Waals surface area contributed by atoms with Gasteiger partial charge in [-0.25, -0.2) is 0 Å². The smallest absolute Gasteiger partial charge is 0.305 e. The molecule has 0 atom stereocenters. The van der Waals surface area contributed by atoms with E-state index in [1.807, 2.05) is 38.1 Å². The summed E-state index contributed by atoms with van der Waals surface area (Å²) in [4.78, 5) is 0. The Morgan fingerprint density at radius 1 is 0.810 bits per heavy atom. The molecule has 21 heavy (non-hydrogen) atoms. The summed E-state index contributed by atoms with van der Waals surface area (Å²) in [6, 6.07) is 15.9. The average Bonchev–Trinajstić information content (AvgIpc) is 2.49. The minimum Gasteiger partial charge on any atom is -0.305 e. The van der Waals surface area contributed by atoms with Gasteiger partial charge in [0.15, 0.2) is 0 Å². The normalized spacial score (nSPS) is 11.6. The van der Waals surface area contributed by atoms with E-state index in [1.165, 1.54) is 5.56 Å². The minimum atomic E-state index is -3.19. The quantitative estimate of drug-likeness (QED) is 0.734. The highest BCUT2D eigenvalue weighted by atomic mass is 31.2. The summed E-state index contributed by atoms with van der Waals surface area (Å²) in [5, 5.41) is 0.599. The van der Waals surface area contributed by atoms with E-state index in [4.69, 9.17) is 9.05 Å². The van der Waals surface area contributed by atoms with Crippen molar-refractivity contribution in [1.82, 2.24) is 0 Å². The zero-order valence-electron chi connectivity index (χ0n) is 12.7. The zero-order valence-corrected chi connectivity index (χ0v) is 13.6. The molecule has 0 fully saturated rings. The summed E-state index contributed by atoms with van der Waals surface area (Å²) < 4.78 is 23.4. The highest BCUT2D eigenvalue weighted by Gasteiger charge is 2.26. The standard InChI is InChI=1S/C17H21O3P/c1-4-19-21(18,20-5-2)17-12-10-16(11-13-17)15-8-6-14(3)7-9-15/h6-13H,4-5H2,1-3H3. The van der Waals surface area contributed by atoms with Crippen LogP contribution in [0.5, 0.6) is 0 Å². The van der Waals surface area contributed by atoms with Crippen molar-refractivity contribution in [2.75, 3.05) is 13.2 Å². The lowest BCUT2D eigenvalue weighted by atomic mass is 10.0. The highest BCUT2D eigenvalue weighted by molar-refractivity contribution is 7.62. The first-order valence-electron chi connectivity index (χ1n) is 7.16. The summed E-state index contributed by atoms with van der Waals surface area (Å²) in [5.74, 6) is 0. The first kappa shape index (κ1) is 16.0. The first-order chi connectivity index (χ1) is 10.1. The van der Waals surface area contributed by atoms with E-state index < -0.39 is 7.60 Å². The van der Waals surface area contributed by atoms with Crippen LogP contribution in [0.2, 0.25) is 0 Å². The van der Waals surface area contributed by atoms with Crippen molar-refractivity contribution < 1.29 is 13.6 Å². The lowest BCUT2D eigenvalue weighted by Gasteiger charge is -2.17. The fourth-order valence-electron chi connectivity index (χ4n) is 2.11. The molecule has 0 amide bonds. The maximum atomic E-state index is 12.7. The van der Waals surface area contributed by atoms with E-state index in [0.29, 0.717) is 18.5 Å². The molecule has 0 heterocycles. The highest BCUT2D eigenvalue weighted by Crippen LogP contribution is 2.46. The fourth-order valence-corrected chi connectivity index (χ4v) is 3.68. The third-order valence-corrected chi connectivity index (χ3v) is 5.29. The van der Waals surface area contributed by atoms with Crippen molar-refractivity contribution in [3.05, 3.63) is 54.1 Å². The van der Waals surface area contributed by atoms with Crippen LogP contribution in [-0.2, 0) is 13.6 Å². The van der Waals surface area contributed by atoms with Gasteiger partial charge in [0, 0.05) is 0 Å². The van der Waals surface area contributed by atoms with Crippen molar-refractivity contribution in [3.8, 4) is 11.1 Å². The molecule has 0 spiro atoms. The number of hydrogen-bond donors (Lipinski definition) is 0. The molecule has 0 aliphatic rings. The zero-order chi connectivity index (χ0) is 15.3. The molecule has 0 saturated heterocycles. The van der Waals surface area contributed by atoms with Gasteiger partial charge in [0.1, 0.15) is 0 Å². The Balaban J connectivity index is 2.29. The Morgan fingerprint density at radius 2 is 1.24 bits per heavy atom. The Labute approximate surface area is 126 Å². The van der Waals surface area contributed by atoms with E-state index in [-0.39, 0.29) is 0 Å². The molecule has 2 rings (SSSR count). The van der Waals surface area contributed by atoms with Crippen molar-refractivity contribution in [1.29, 1.82) is 0 Å². The van der Waals surface area contributed by atoms with Gasteiger partial charge in [-0.1, -0.05) is 42.0 Å². The van der Waals surface area contributed by atoms with Crippen molar-refractivity contribution >= 4 is 12.9 Å². The number of rotatable bonds is 6. The van der Waals surface area contributed by atoms with Crippen LogP contribution in [0.1, 0.15) is 19.4 Å². The molecule has 2 aromatic rings. The molecule has 0 bridgehead atoms. The van der Waals surface area contributed by atoms with Gasteiger partial charge in [0.05, 0.1) is 18.5 Å². The van der Waals surface area contributed by atoms with Gasteiger partial charge in [-0.2, -0.15) is 0 Å². The second-order valence-electron chi connectivity index (χ2n) is 4.75. The van der Waals surface area contributed by atoms with Crippen LogP contribution in [0, 0.1) is 6.92 Å². The van der Waals surface area contributed by atoms with Crippen molar-refractivity contribution in [2.24, 2.45) is 0 Å². The second kappa shape index (κ2) is 7.04. The first-order valence-corrected chi connectivity index (χ1v) is 8.70. The molecule has 0 radical (unpaired) electrons. The maximum Gasteiger partial charge on any atom is 0.361 e. The van der Waals surface area contributed by atoms with Crippen LogP contribution in [0.3, 0.4) is 0 Å². The molecule has 0 aromatic heterocycles. The van der Waals surface area contributed by atoms with Gasteiger partial charge in [-0.05, 0) is 44.0 Å². The molecular formula is C17H21O3P. The van der Waals surface area contributed by atoms with Crippen LogP contribution >= 0.6 is 7.60 Å². The van der Waals surface area contributed by atoms with E-state index in [9.17, 15) is 4.57 Å². The van der Waals surface area contributed by atoms with Crippen LogP contribution in [0.15, 0.2) is 48.5 Å². The van der Waals surface area contributed by atoms with Gasteiger partial charge in [0.25, 0.3) is 0 Å². The molecule has 0 N–H and O–H groups in total. The van der Waals surface area contributed by atoms with Gasteiger partial charge < -0.3 is 9.05 Å². The van der Waals surface area contributed by atoms with E-state index in [0.717, 1.165) is 11.1 Å². The van der Waals surface area contributed by atoms with Gasteiger partial charge in [-0.3, -0.25) is 4.57 Å². The van der Waals surface area contributed by atoms with Crippen LogP contribution < -0.4 is 5.30 Å². The van der Waals surface area contributed by atoms with Crippen LogP contribution in [-0.4, -0.2) is 13.2 Å². The predicted octanol–water partition coefficient (Wildman–Crippen LogP) is 4.55. The second-order valence-corrected chi connectivity index (χ2v) is 6.77. The molecular weight excluding hydrogens is 283 g/mol. The third kappa shape index (κ3) is 3.82. The molecule has 0 aliphatic carbocycles. The van der Waals surface area contributed by atoms with Crippen molar-refractivity contribution in [2.45, 2.75) is 20.8 Å². The van der Waals surface area contributed by atoms with Crippen molar-refractivity contribution in [3.63, 3.8) is 0 Å². The number of aryl methyl sites for hydroxylation is 1. The lowest BCUT2D eigenvalue weighted by molar-refractivity contribution is 0.230. The molecule has 0 saturated carbocycles. The largest absolute Gasteiger partial charge is 0.361 e.